The van der Waals surface area contributed by atoms with Crippen LogP contribution >= 0.6 is 0 Å². The van der Waals surface area contributed by atoms with Gasteiger partial charge in [0, 0.05) is 19.5 Å². The fourth-order valence-electron chi connectivity index (χ4n) is 3.55. The van der Waals surface area contributed by atoms with Crippen molar-refractivity contribution in [3.8, 4) is 0 Å². The number of aliphatic hydroxyl groups is 2. The molecule has 0 heterocycles. The average molecular weight is 489 g/mol. The van der Waals surface area contributed by atoms with Gasteiger partial charge in [-0.15, -0.1) is 5.06 Å². The van der Waals surface area contributed by atoms with Gasteiger partial charge in [0.1, 0.15) is 6.04 Å². The average Bonchev–Trinajstić information content (AvgIpc) is 2.86. The van der Waals surface area contributed by atoms with Gasteiger partial charge in [-0.1, -0.05) is 60.7 Å². The highest BCUT2D eigenvalue weighted by Gasteiger charge is 2.38. The minimum Gasteiger partial charge on any atom is -0.391 e. The number of nitrogens with zero attached hydrogens (tertiary/aromatic N) is 2. The van der Waals surface area contributed by atoms with Gasteiger partial charge in [-0.2, -0.15) is 0 Å². The topological polar surface area (TPSA) is 155 Å². The summed E-state index contributed by atoms with van der Waals surface area (Å²) < 4.78 is 0. The third-order valence-corrected chi connectivity index (χ3v) is 5.43. The normalized spacial score (nSPS) is 14.4. The van der Waals surface area contributed by atoms with Crippen molar-refractivity contribution in [1.29, 1.82) is 0 Å². The first kappa shape index (κ1) is 27.9. The number of hydrogen-bond donors (Lipinski definition) is 4. The molecule has 2 aromatic rings. The number of imide groups is 1. The molecule has 0 aliphatic rings. The zero-order valence-corrected chi connectivity index (χ0v) is 19.9. The van der Waals surface area contributed by atoms with Crippen molar-refractivity contribution in [3.05, 3.63) is 71.8 Å². The Hall–Kier alpha value is -3.35. The van der Waals surface area contributed by atoms with E-state index in [0.29, 0.717) is 0 Å². The first-order valence-electron chi connectivity index (χ1n) is 10.9. The minimum atomic E-state index is -1.85. The molecule has 190 valence electrons. The van der Waals surface area contributed by atoms with Crippen LogP contribution in [0.3, 0.4) is 0 Å². The van der Waals surface area contributed by atoms with E-state index >= 15 is 0 Å². The summed E-state index contributed by atoms with van der Waals surface area (Å²) in [7, 11) is 3.72. The van der Waals surface area contributed by atoms with E-state index in [4.69, 9.17) is 15.4 Å². The van der Waals surface area contributed by atoms with Crippen molar-refractivity contribution in [2.24, 2.45) is 5.73 Å². The number of aliphatic hydroxyl groups excluding tert-OH is 2. The number of likely N-dealkylation sites (N-methyl/N-ethyl adjacent to an activating group) is 1. The van der Waals surface area contributed by atoms with Gasteiger partial charge >= 0.3 is 6.03 Å². The van der Waals surface area contributed by atoms with Gasteiger partial charge in [-0.3, -0.25) is 24.6 Å². The van der Waals surface area contributed by atoms with E-state index in [2.05, 4.69) is 5.32 Å². The van der Waals surface area contributed by atoms with E-state index in [9.17, 15) is 24.6 Å². The Labute approximate surface area is 203 Å². The summed E-state index contributed by atoms with van der Waals surface area (Å²) in [5, 5.41) is 26.0. The van der Waals surface area contributed by atoms with Gasteiger partial charge in [0.2, 0.25) is 0 Å². The molecule has 0 aromatic heterocycles. The van der Waals surface area contributed by atoms with Crippen LogP contribution < -0.4 is 11.1 Å². The lowest BCUT2D eigenvalue weighted by molar-refractivity contribution is -0.176. The Bertz CT molecular complexity index is 961. The standard InChI is InChI=1S/C24H32N4O7/c1-27(34-2)22(31)20(19(29)15-17-12-8-5-9-13-17)26-18(14-16-10-6-4-7-11-16)21(30)23(32)28(35-3)24(25)33/h4-13,18-21,26,29-30H,14-15H2,1-3H3,(H2,25,33)/t18-,19-,20+,21+/m0/s1. The lowest BCUT2D eigenvalue weighted by atomic mass is 9.96. The number of nitrogens with two attached hydrogens (primary N) is 1. The van der Waals surface area contributed by atoms with Crippen LogP contribution in [0.2, 0.25) is 0 Å². The second kappa shape index (κ2) is 13.5. The second-order valence-electron chi connectivity index (χ2n) is 7.81. The van der Waals surface area contributed by atoms with E-state index in [-0.39, 0.29) is 17.9 Å². The molecule has 2 rings (SSSR count). The van der Waals surface area contributed by atoms with Crippen molar-refractivity contribution < 1.29 is 34.3 Å². The molecule has 0 spiro atoms. The summed E-state index contributed by atoms with van der Waals surface area (Å²) in [6, 6.07) is 14.3. The monoisotopic (exact) mass is 488 g/mol. The number of urea groups is 1. The lowest BCUT2D eigenvalue weighted by Crippen LogP contribution is -2.61. The Morgan fingerprint density at radius 1 is 0.886 bits per heavy atom. The number of primary amides is 1. The first-order valence-corrected chi connectivity index (χ1v) is 10.9. The summed E-state index contributed by atoms with van der Waals surface area (Å²) in [4.78, 5) is 47.2. The molecule has 0 aliphatic carbocycles. The SMILES string of the molecule is CON(C)C(=O)[C@H](N[C@@H](Cc1ccccc1)[C@@H](O)C(=O)N(OC)C(N)=O)[C@@H](O)Cc1ccccc1. The first-order chi connectivity index (χ1) is 16.7. The molecule has 0 saturated heterocycles. The molecule has 0 bridgehead atoms. The van der Waals surface area contributed by atoms with Crippen LogP contribution in [0.5, 0.6) is 0 Å². The molecule has 0 fully saturated rings. The predicted molar refractivity (Wildman–Crippen MR) is 126 cm³/mol. The fraction of sp³-hybridized carbons (Fsp3) is 0.375. The van der Waals surface area contributed by atoms with Crippen LogP contribution in [-0.4, -0.2) is 83.7 Å². The zero-order chi connectivity index (χ0) is 26.0. The lowest BCUT2D eigenvalue weighted by Gasteiger charge is -2.33. The van der Waals surface area contributed by atoms with E-state index in [1.165, 1.54) is 14.2 Å². The summed E-state index contributed by atoms with van der Waals surface area (Å²) in [6.45, 7) is 0. The highest BCUT2D eigenvalue weighted by Crippen LogP contribution is 2.14. The molecule has 35 heavy (non-hydrogen) atoms. The third-order valence-electron chi connectivity index (χ3n) is 5.43. The number of nitrogens with one attached hydrogen (secondary N) is 1. The maximum absolute atomic E-state index is 13.1. The highest BCUT2D eigenvalue weighted by atomic mass is 16.7. The number of carbonyl (C=O) groups excluding carboxylic acids is 3. The van der Waals surface area contributed by atoms with Crippen molar-refractivity contribution in [2.45, 2.75) is 37.1 Å². The van der Waals surface area contributed by atoms with Crippen molar-refractivity contribution in [1.82, 2.24) is 15.4 Å². The van der Waals surface area contributed by atoms with Crippen molar-refractivity contribution in [2.75, 3.05) is 21.3 Å². The van der Waals surface area contributed by atoms with Gasteiger partial charge in [0.05, 0.1) is 20.3 Å². The number of hydroxylamine groups is 4. The Morgan fingerprint density at radius 3 is 1.86 bits per heavy atom. The van der Waals surface area contributed by atoms with E-state index in [1.807, 2.05) is 6.07 Å². The van der Waals surface area contributed by atoms with Crippen LogP contribution in [0.15, 0.2) is 60.7 Å². The number of hydrogen-bond acceptors (Lipinski definition) is 8. The molecule has 0 aliphatic heterocycles. The quantitative estimate of drug-likeness (QED) is 0.305. The summed E-state index contributed by atoms with van der Waals surface area (Å²) in [5.41, 5.74) is 6.67. The van der Waals surface area contributed by atoms with Crippen LogP contribution in [0.25, 0.3) is 0 Å². The van der Waals surface area contributed by atoms with Crippen molar-refractivity contribution in [3.63, 3.8) is 0 Å². The highest BCUT2D eigenvalue weighted by molar-refractivity contribution is 5.95. The Morgan fingerprint density at radius 2 is 1.40 bits per heavy atom. The maximum atomic E-state index is 13.1. The molecule has 5 N–H and O–H groups in total. The van der Waals surface area contributed by atoms with Gasteiger partial charge < -0.3 is 15.9 Å². The van der Waals surface area contributed by atoms with Gasteiger partial charge in [-0.05, 0) is 17.5 Å². The van der Waals surface area contributed by atoms with Gasteiger partial charge in [-0.25, -0.2) is 9.86 Å². The van der Waals surface area contributed by atoms with E-state index < -0.39 is 42.1 Å². The molecular weight excluding hydrogens is 456 g/mol. The molecule has 4 atom stereocenters. The maximum Gasteiger partial charge on any atom is 0.346 e. The summed E-state index contributed by atoms with van der Waals surface area (Å²) >= 11 is 0. The van der Waals surface area contributed by atoms with E-state index in [0.717, 1.165) is 23.3 Å². The zero-order valence-electron chi connectivity index (χ0n) is 19.9. The van der Waals surface area contributed by atoms with Crippen LogP contribution in [0.4, 0.5) is 4.79 Å². The summed E-state index contributed by atoms with van der Waals surface area (Å²) in [6.07, 6.45) is -2.93. The molecule has 0 radical (unpaired) electrons. The van der Waals surface area contributed by atoms with Crippen molar-refractivity contribution >= 4 is 17.8 Å². The van der Waals surface area contributed by atoms with Gasteiger partial charge in [0.25, 0.3) is 11.8 Å². The third kappa shape index (κ3) is 7.84. The Kier molecular flexibility index (Phi) is 10.8. The minimum absolute atomic E-state index is 0.0720. The summed E-state index contributed by atoms with van der Waals surface area (Å²) in [5.74, 6) is -1.76. The number of amides is 4. The smallest absolute Gasteiger partial charge is 0.346 e. The molecule has 0 unspecified atom stereocenters. The second-order valence-corrected chi connectivity index (χ2v) is 7.81. The molecular formula is C24H32N4O7. The van der Waals surface area contributed by atoms with Crippen LogP contribution in [0.1, 0.15) is 11.1 Å². The number of carbonyl (C=O) groups is 3. The Balaban J connectivity index is 2.39. The number of benzene rings is 2. The molecule has 0 saturated carbocycles. The van der Waals surface area contributed by atoms with E-state index in [1.54, 1.807) is 54.6 Å². The molecule has 4 amide bonds. The predicted octanol–water partition coefficient (Wildman–Crippen LogP) is 0.00890. The van der Waals surface area contributed by atoms with Crippen LogP contribution in [-0.2, 0) is 32.1 Å². The molecule has 11 nitrogen and oxygen atoms in total. The van der Waals surface area contributed by atoms with Gasteiger partial charge in [0.15, 0.2) is 6.10 Å². The number of rotatable bonds is 12. The largest absolute Gasteiger partial charge is 0.391 e. The molecule has 2 aromatic carbocycles. The fourth-order valence-corrected chi connectivity index (χ4v) is 3.55. The van der Waals surface area contributed by atoms with Crippen LogP contribution in [0, 0.1) is 0 Å². The molecule has 11 heteroatoms.